The first-order valence-electron chi connectivity index (χ1n) is 0.765. The summed E-state index contributed by atoms with van der Waals surface area (Å²) in [6, 6.07) is 0. The Kier molecular flexibility index (Phi) is 45.2. The van der Waals surface area contributed by atoms with Gasteiger partial charge in [-0.2, -0.15) is 0 Å². The smallest absolute Gasteiger partial charge is 0.870 e. The summed E-state index contributed by atoms with van der Waals surface area (Å²) < 4.78 is 8.77. The average molecular weight is 307 g/mol. The quantitative estimate of drug-likeness (QED) is 0.338. The molecule has 0 saturated carbocycles. The van der Waals surface area contributed by atoms with Crippen LogP contribution in [-0.2, 0) is 4.57 Å². The molecule has 0 aromatic heterocycles. The van der Waals surface area contributed by atoms with E-state index in [1.54, 1.807) is 0 Å². The molecule has 0 aromatic rings. The van der Waals surface area contributed by atoms with Crippen molar-refractivity contribution in [2.45, 2.75) is 0 Å². The second-order valence-electron chi connectivity index (χ2n) is 0.491. The van der Waals surface area contributed by atoms with Crippen molar-refractivity contribution < 1.29 is 81.6 Å². The van der Waals surface area contributed by atoms with Gasteiger partial charge in [0.2, 0.25) is 0 Å². The summed E-state index contributed by atoms with van der Waals surface area (Å²) in [7, 11) is -4.89. The van der Waals surface area contributed by atoms with E-state index in [1.807, 2.05) is 0 Å². The molecule has 4 N–H and O–H groups in total. The Morgan fingerprint density at radius 3 is 1.22 bits per heavy atom. The second-order valence-corrected chi connectivity index (χ2v) is 1.47. The summed E-state index contributed by atoms with van der Waals surface area (Å²) in [5.41, 5.74) is 0. The van der Waals surface area contributed by atoms with Gasteiger partial charge in [0.15, 0.2) is 0 Å². The molecule has 0 fully saturated rings. The maximum Gasteiger partial charge on any atom is 2.00 e. The molecule has 0 radical (unpaired) electrons. The normalized spacial score (nSPS) is 6.56. The van der Waals surface area contributed by atoms with Crippen LogP contribution in [0.3, 0.4) is 0 Å². The summed E-state index contributed by atoms with van der Waals surface area (Å²) in [6.07, 6.45) is 0. The molecule has 0 amide bonds. The molecule has 6 nitrogen and oxygen atoms in total. The topological polar surface area (TPSA) is 141 Å². The third-order valence-corrected chi connectivity index (χ3v) is 0. The SMILES string of the molecule is O=P([O-])(O)O.[Ba+2].[K+].[OH-].[OH-]. The average Bonchev–Trinajstić information content (AvgIpc) is 0.722. The third-order valence-electron chi connectivity index (χ3n) is 0. The van der Waals surface area contributed by atoms with Crippen molar-refractivity contribution in [1.29, 1.82) is 0 Å². The van der Waals surface area contributed by atoms with Crippen LogP contribution in [-0.4, -0.2) is 69.6 Å². The summed E-state index contributed by atoms with van der Waals surface area (Å²) in [5, 5.41) is 0. The molecule has 9 heavy (non-hydrogen) atoms. The van der Waals surface area contributed by atoms with Crippen LogP contribution in [0.15, 0.2) is 0 Å². The van der Waals surface area contributed by atoms with Crippen molar-refractivity contribution in [2.75, 3.05) is 0 Å². The van der Waals surface area contributed by atoms with Crippen LogP contribution >= 0.6 is 7.82 Å². The van der Waals surface area contributed by atoms with E-state index >= 15 is 0 Å². The minimum atomic E-state index is -4.89. The number of hydrogen-bond acceptors (Lipinski definition) is 4. The molecule has 0 aliphatic rings. The van der Waals surface area contributed by atoms with Crippen LogP contribution in [0.4, 0.5) is 0 Å². The summed E-state index contributed by atoms with van der Waals surface area (Å²) in [6.45, 7) is 0. The van der Waals surface area contributed by atoms with Crippen LogP contribution in [0, 0.1) is 0 Å². The molecule has 0 atom stereocenters. The fraction of sp³-hybridized carbons (Fsp3) is 0. The third kappa shape index (κ3) is 91.5. The largest absolute Gasteiger partial charge is 2.00 e. The van der Waals surface area contributed by atoms with Gasteiger partial charge in [-0.3, -0.25) is 4.57 Å². The van der Waals surface area contributed by atoms with E-state index in [1.165, 1.54) is 0 Å². The molecule has 48 valence electrons. The van der Waals surface area contributed by atoms with Crippen LogP contribution in [0.2, 0.25) is 0 Å². The molecule has 9 heteroatoms. The van der Waals surface area contributed by atoms with Gasteiger partial charge >= 0.3 is 100 Å². The predicted molar refractivity (Wildman–Crippen MR) is 21.7 cm³/mol. The van der Waals surface area contributed by atoms with E-state index in [9.17, 15) is 0 Å². The molecule has 0 aromatic carbocycles. The van der Waals surface area contributed by atoms with Gasteiger partial charge in [0, 0.05) is 0 Å². The van der Waals surface area contributed by atoms with Crippen molar-refractivity contribution in [1.82, 2.24) is 0 Å². The van der Waals surface area contributed by atoms with Gasteiger partial charge in [0.1, 0.15) is 0 Å². The molecule has 0 aliphatic heterocycles. The Hall–Kier alpha value is 3.24. The summed E-state index contributed by atoms with van der Waals surface area (Å²) in [5.74, 6) is 0. The van der Waals surface area contributed by atoms with Crippen molar-refractivity contribution in [3.63, 3.8) is 0 Å². The van der Waals surface area contributed by atoms with Gasteiger partial charge in [0.05, 0.1) is 0 Å². The van der Waals surface area contributed by atoms with E-state index in [2.05, 4.69) is 0 Å². The maximum atomic E-state index is 8.77. The van der Waals surface area contributed by atoms with Crippen molar-refractivity contribution in [3.8, 4) is 0 Å². The van der Waals surface area contributed by atoms with Gasteiger partial charge in [0.25, 0.3) is 7.82 Å². The molecular formula is H4BaKO6P. The minimum Gasteiger partial charge on any atom is -0.870 e. The molecular weight excluding hydrogens is 303 g/mol. The molecule has 0 unspecified atom stereocenters. The monoisotopic (exact) mass is 308 g/mol. The Morgan fingerprint density at radius 2 is 1.22 bits per heavy atom. The van der Waals surface area contributed by atoms with Crippen molar-refractivity contribution >= 4 is 56.7 Å². The van der Waals surface area contributed by atoms with Gasteiger partial charge < -0.3 is 25.6 Å². The van der Waals surface area contributed by atoms with Crippen LogP contribution in [0.5, 0.6) is 0 Å². The maximum absolute atomic E-state index is 8.77. The van der Waals surface area contributed by atoms with Gasteiger partial charge in [-0.1, -0.05) is 0 Å². The number of hydrogen-bond donors (Lipinski definition) is 2. The second kappa shape index (κ2) is 13.8. The summed E-state index contributed by atoms with van der Waals surface area (Å²) >= 11 is 0. The molecule has 0 aliphatic carbocycles. The standard InChI is InChI=1S/Ba.K.H3O4P.2H2O/c;;1-5(2,3)4;;/h;;(H3,1,2,3,4);2*1H2/q+2;+1;;;/p-3. The van der Waals surface area contributed by atoms with Crippen LogP contribution < -0.4 is 56.3 Å². The van der Waals surface area contributed by atoms with Crippen molar-refractivity contribution in [3.05, 3.63) is 0 Å². The molecule has 0 saturated heterocycles. The fourth-order valence-corrected chi connectivity index (χ4v) is 0. The molecule has 0 heterocycles. The van der Waals surface area contributed by atoms with Crippen LogP contribution in [0.25, 0.3) is 0 Å². The fourth-order valence-electron chi connectivity index (χ4n) is 0. The summed E-state index contributed by atoms with van der Waals surface area (Å²) in [4.78, 5) is 22.9. The Morgan fingerprint density at radius 1 is 1.22 bits per heavy atom. The first kappa shape index (κ1) is 29.5. The van der Waals surface area contributed by atoms with E-state index < -0.39 is 7.82 Å². The minimum absolute atomic E-state index is 0. The Bertz CT molecular complexity index is 59.2. The molecule has 0 rings (SSSR count). The first-order chi connectivity index (χ1) is 2.00. The zero-order valence-electron chi connectivity index (χ0n) is 4.76. The first-order valence-corrected chi connectivity index (χ1v) is 2.30. The van der Waals surface area contributed by atoms with E-state index in [0.29, 0.717) is 0 Å². The number of rotatable bonds is 0. The zero-order valence-corrected chi connectivity index (χ0v) is 13.2. The Balaban J connectivity index is -0.0000000133. The van der Waals surface area contributed by atoms with E-state index in [0.717, 1.165) is 0 Å². The predicted octanol–water partition coefficient (Wildman–Crippen LogP) is -5.29. The zero-order chi connectivity index (χ0) is 4.50. The Labute approximate surface area is 135 Å². The van der Waals surface area contributed by atoms with Crippen molar-refractivity contribution in [2.24, 2.45) is 0 Å². The van der Waals surface area contributed by atoms with Gasteiger partial charge in [-0.15, -0.1) is 0 Å². The number of phosphoric acid groups is 1. The van der Waals surface area contributed by atoms with E-state index in [4.69, 9.17) is 19.2 Å². The molecule has 0 bridgehead atoms. The van der Waals surface area contributed by atoms with Gasteiger partial charge in [-0.05, 0) is 0 Å². The van der Waals surface area contributed by atoms with E-state index in [-0.39, 0.29) is 111 Å². The molecule has 0 spiro atoms. The van der Waals surface area contributed by atoms with Gasteiger partial charge in [-0.25, -0.2) is 0 Å². The van der Waals surface area contributed by atoms with Crippen LogP contribution in [0.1, 0.15) is 0 Å².